The second-order valence-electron chi connectivity index (χ2n) is 5.03. The first-order chi connectivity index (χ1) is 9.75. The molecule has 1 fully saturated rings. The van der Waals surface area contributed by atoms with Crippen molar-refractivity contribution >= 4 is 22.3 Å². The third kappa shape index (κ3) is 2.42. The summed E-state index contributed by atoms with van der Waals surface area (Å²) in [6, 6.07) is 7.48. The zero-order chi connectivity index (χ0) is 13.9. The average molecular weight is 272 g/mol. The van der Waals surface area contributed by atoms with E-state index in [0.717, 1.165) is 37.0 Å². The molecule has 1 saturated heterocycles. The molecule has 0 spiro atoms. The van der Waals surface area contributed by atoms with Gasteiger partial charge < -0.3 is 10.6 Å². The van der Waals surface area contributed by atoms with Crippen molar-refractivity contribution in [1.82, 2.24) is 10.3 Å². The Balaban J connectivity index is 1.96. The number of nitro groups is 1. The van der Waals surface area contributed by atoms with Crippen LogP contribution >= 0.6 is 0 Å². The van der Waals surface area contributed by atoms with Gasteiger partial charge in [0.05, 0.1) is 10.4 Å². The molecule has 3 rings (SSSR count). The molecule has 2 heterocycles. The lowest BCUT2D eigenvalue weighted by Crippen LogP contribution is -2.18. The molecule has 1 aromatic carbocycles. The van der Waals surface area contributed by atoms with E-state index in [1.165, 1.54) is 6.20 Å². The number of para-hydroxylation sites is 1. The van der Waals surface area contributed by atoms with E-state index >= 15 is 0 Å². The predicted octanol–water partition coefficient (Wildman–Crippen LogP) is 2.16. The maximum atomic E-state index is 11.2. The van der Waals surface area contributed by atoms with Gasteiger partial charge in [-0.15, -0.1) is 0 Å². The number of nitrogens with one attached hydrogen (secondary N) is 2. The van der Waals surface area contributed by atoms with Gasteiger partial charge in [-0.3, -0.25) is 10.1 Å². The number of nitrogens with zero attached hydrogens (tertiary/aromatic N) is 2. The summed E-state index contributed by atoms with van der Waals surface area (Å²) >= 11 is 0. The van der Waals surface area contributed by atoms with Gasteiger partial charge in [-0.1, -0.05) is 18.2 Å². The van der Waals surface area contributed by atoms with Gasteiger partial charge in [-0.25, -0.2) is 4.98 Å². The lowest BCUT2D eigenvalue weighted by Gasteiger charge is -2.13. The summed E-state index contributed by atoms with van der Waals surface area (Å²) in [6.07, 6.45) is 2.43. The Hall–Kier alpha value is -2.21. The minimum Gasteiger partial charge on any atom is -0.379 e. The minimum absolute atomic E-state index is 0.0367. The summed E-state index contributed by atoms with van der Waals surface area (Å²) in [4.78, 5) is 14.9. The van der Waals surface area contributed by atoms with Gasteiger partial charge in [-0.05, 0) is 31.5 Å². The van der Waals surface area contributed by atoms with E-state index in [4.69, 9.17) is 0 Å². The fourth-order valence-electron chi connectivity index (χ4n) is 2.59. The lowest BCUT2D eigenvalue weighted by molar-refractivity contribution is -0.384. The van der Waals surface area contributed by atoms with Crippen LogP contribution in [0, 0.1) is 16.0 Å². The summed E-state index contributed by atoms with van der Waals surface area (Å²) in [5, 5.41) is 18.5. The van der Waals surface area contributed by atoms with Crippen LogP contribution in [0.4, 0.5) is 11.4 Å². The number of anilines is 1. The fraction of sp³-hybridized carbons (Fsp3) is 0.357. The molecule has 1 aromatic heterocycles. The number of aromatic nitrogens is 1. The third-order valence-corrected chi connectivity index (χ3v) is 3.68. The highest BCUT2D eigenvalue weighted by molar-refractivity contribution is 5.95. The van der Waals surface area contributed by atoms with Crippen LogP contribution in [-0.2, 0) is 0 Å². The Labute approximate surface area is 116 Å². The summed E-state index contributed by atoms with van der Waals surface area (Å²) in [5.41, 5.74) is 1.38. The second kappa shape index (κ2) is 5.42. The van der Waals surface area contributed by atoms with Crippen molar-refractivity contribution in [3.8, 4) is 0 Å². The van der Waals surface area contributed by atoms with E-state index < -0.39 is 0 Å². The molecule has 0 amide bonds. The number of hydrogen-bond acceptors (Lipinski definition) is 5. The van der Waals surface area contributed by atoms with Crippen LogP contribution in [0.2, 0.25) is 0 Å². The Kier molecular flexibility index (Phi) is 3.47. The van der Waals surface area contributed by atoms with Crippen LogP contribution in [0.5, 0.6) is 0 Å². The Morgan fingerprint density at radius 2 is 2.30 bits per heavy atom. The molecule has 0 aliphatic carbocycles. The van der Waals surface area contributed by atoms with Crippen molar-refractivity contribution in [2.45, 2.75) is 6.42 Å². The summed E-state index contributed by atoms with van der Waals surface area (Å²) in [5.74, 6) is 0.515. The lowest BCUT2D eigenvalue weighted by atomic mass is 10.1. The van der Waals surface area contributed by atoms with E-state index in [1.54, 1.807) is 0 Å². The Bertz CT molecular complexity index is 638. The van der Waals surface area contributed by atoms with Crippen molar-refractivity contribution in [2.75, 3.05) is 25.0 Å². The van der Waals surface area contributed by atoms with Gasteiger partial charge in [0, 0.05) is 11.9 Å². The Morgan fingerprint density at radius 1 is 1.45 bits per heavy atom. The van der Waals surface area contributed by atoms with E-state index in [9.17, 15) is 10.1 Å². The maximum absolute atomic E-state index is 11.2. The molecule has 2 N–H and O–H groups in total. The quantitative estimate of drug-likeness (QED) is 0.658. The van der Waals surface area contributed by atoms with Crippen LogP contribution in [0.1, 0.15) is 6.42 Å². The van der Waals surface area contributed by atoms with Gasteiger partial charge in [0.2, 0.25) is 0 Å². The highest BCUT2D eigenvalue weighted by Gasteiger charge is 2.20. The molecule has 2 aromatic rings. The molecule has 1 aliphatic rings. The number of pyridine rings is 1. The van der Waals surface area contributed by atoms with Crippen LogP contribution in [0.25, 0.3) is 10.9 Å². The smallest absolute Gasteiger partial charge is 0.311 e. The molecule has 6 nitrogen and oxygen atoms in total. The van der Waals surface area contributed by atoms with E-state index in [-0.39, 0.29) is 10.6 Å². The predicted molar refractivity (Wildman–Crippen MR) is 77.9 cm³/mol. The van der Waals surface area contributed by atoms with E-state index in [1.807, 2.05) is 24.3 Å². The first-order valence-corrected chi connectivity index (χ1v) is 6.72. The van der Waals surface area contributed by atoms with Crippen molar-refractivity contribution < 1.29 is 4.92 Å². The molecule has 1 unspecified atom stereocenters. The van der Waals surface area contributed by atoms with Crippen molar-refractivity contribution in [3.05, 3.63) is 40.6 Å². The zero-order valence-corrected chi connectivity index (χ0v) is 11.0. The zero-order valence-electron chi connectivity index (χ0n) is 11.0. The molecule has 6 heteroatoms. The first-order valence-electron chi connectivity index (χ1n) is 6.72. The highest BCUT2D eigenvalue weighted by Crippen LogP contribution is 2.31. The van der Waals surface area contributed by atoms with Gasteiger partial charge >= 0.3 is 5.69 Å². The van der Waals surface area contributed by atoms with Gasteiger partial charge in [0.15, 0.2) is 0 Å². The standard InChI is InChI=1S/C14H16N4O2/c19-18(20)13-9-16-12-4-2-1-3-11(12)14(13)17-8-10-5-6-15-7-10/h1-4,9-10,15H,5-8H2,(H,16,17). The SMILES string of the molecule is O=[N+]([O-])c1cnc2ccccc2c1NCC1CCNC1. The topological polar surface area (TPSA) is 80.1 Å². The van der Waals surface area contributed by atoms with Gasteiger partial charge in [-0.2, -0.15) is 0 Å². The van der Waals surface area contributed by atoms with Crippen LogP contribution in [0.15, 0.2) is 30.5 Å². The molecule has 1 aliphatic heterocycles. The average Bonchev–Trinajstić information content (AvgIpc) is 2.97. The number of rotatable bonds is 4. The Morgan fingerprint density at radius 3 is 3.05 bits per heavy atom. The minimum atomic E-state index is -0.380. The number of benzene rings is 1. The van der Waals surface area contributed by atoms with Crippen molar-refractivity contribution in [2.24, 2.45) is 5.92 Å². The largest absolute Gasteiger partial charge is 0.379 e. The van der Waals surface area contributed by atoms with Crippen molar-refractivity contribution in [3.63, 3.8) is 0 Å². The van der Waals surface area contributed by atoms with E-state index in [2.05, 4.69) is 15.6 Å². The van der Waals surface area contributed by atoms with Crippen LogP contribution in [-0.4, -0.2) is 29.5 Å². The first kappa shape index (κ1) is 12.8. The molecule has 1 atom stereocenters. The maximum Gasteiger partial charge on any atom is 0.311 e. The molecule has 0 bridgehead atoms. The van der Waals surface area contributed by atoms with Crippen molar-refractivity contribution in [1.29, 1.82) is 0 Å². The molecule has 0 saturated carbocycles. The molecular weight excluding hydrogens is 256 g/mol. The molecule has 104 valence electrons. The van der Waals surface area contributed by atoms with E-state index in [0.29, 0.717) is 11.6 Å². The molecule has 0 radical (unpaired) electrons. The summed E-state index contributed by atoms with van der Waals surface area (Å²) in [7, 11) is 0. The second-order valence-corrected chi connectivity index (χ2v) is 5.03. The number of hydrogen-bond donors (Lipinski definition) is 2. The summed E-state index contributed by atoms with van der Waals surface area (Å²) < 4.78 is 0. The van der Waals surface area contributed by atoms with Crippen LogP contribution in [0.3, 0.4) is 0 Å². The fourth-order valence-corrected chi connectivity index (χ4v) is 2.59. The highest BCUT2D eigenvalue weighted by atomic mass is 16.6. The summed E-state index contributed by atoms with van der Waals surface area (Å²) in [6.45, 7) is 2.72. The molecular formula is C14H16N4O2. The normalized spacial score (nSPS) is 18.3. The van der Waals surface area contributed by atoms with Gasteiger partial charge in [0.25, 0.3) is 0 Å². The van der Waals surface area contributed by atoms with Gasteiger partial charge in [0.1, 0.15) is 11.9 Å². The monoisotopic (exact) mass is 272 g/mol. The molecule has 20 heavy (non-hydrogen) atoms. The number of fused-ring (bicyclic) bond motifs is 1. The third-order valence-electron chi connectivity index (χ3n) is 3.68. The van der Waals surface area contributed by atoms with Crippen LogP contribution < -0.4 is 10.6 Å².